The first-order valence-electron chi connectivity index (χ1n) is 6.29. The molecule has 1 amide bonds. The molecule has 5 heteroatoms. The van der Waals surface area contributed by atoms with Crippen molar-refractivity contribution in [3.05, 3.63) is 51.2 Å². The molecule has 1 aromatic carbocycles. The van der Waals surface area contributed by atoms with E-state index >= 15 is 0 Å². The number of benzene rings is 1. The lowest BCUT2D eigenvalue weighted by Crippen LogP contribution is -2.21. The number of carbonyl (C=O) groups excluding carboxylic acids is 1. The van der Waals surface area contributed by atoms with E-state index in [9.17, 15) is 4.79 Å². The predicted molar refractivity (Wildman–Crippen MR) is 85.8 cm³/mol. The van der Waals surface area contributed by atoms with Gasteiger partial charge in [0.05, 0.1) is 4.34 Å². The molecule has 20 heavy (non-hydrogen) atoms. The van der Waals surface area contributed by atoms with E-state index in [-0.39, 0.29) is 11.9 Å². The van der Waals surface area contributed by atoms with Crippen molar-refractivity contribution in [1.82, 2.24) is 4.90 Å². The molecule has 1 heterocycles. The summed E-state index contributed by atoms with van der Waals surface area (Å²) in [7, 11) is 3.50. The van der Waals surface area contributed by atoms with Crippen molar-refractivity contribution >= 4 is 34.5 Å². The first kappa shape index (κ1) is 14.9. The number of hydrogen-bond acceptors (Lipinski definition) is 3. The molecule has 3 nitrogen and oxygen atoms in total. The normalized spacial score (nSPS) is 12.0. The van der Waals surface area contributed by atoms with Gasteiger partial charge < -0.3 is 10.2 Å². The van der Waals surface area contributed by atoms with Crippen LogP contribution in [0, 0.1) is 0 Å². The second-order valence-electron chi connectivity index (χ2n) is 4.83. The Labute approximate surface area is 128 Å². The maximum atomic E-state index is 11.9. The van der Waals surface area contributed by atoms with Crippen LogP contribution >= 0.6 is 22.9 Å². The average molecular weight is 309 g/mol. The third-order valence-corrected chi connectivity index (χ3v) is 4.10. The Bertz CT molecular complexity index is 609. The molecule has 2 rings (SSSR count). The number of rotatable bonds is 4. The third kappa shape index (κ3) is 3.52. The molecular formula is C15H17ClN2OS. The number of hydrogen-bond donors (Lipinski definition) is 1. The van der Waals surface area contributed by atoms with Crippen LogP contribution in [0.15, 0.2) is 35.7 Å². The highest BCUT2D eigenvalue weighted by molar-refractivity contribution is 7.14. The first-order valence-corrected chi connectivity index (χ1v) is 7.55. The van der Waals surface area contributed by atoms with E-state index in [2.05, 4.69) is 12.2 Å². The topological polar surface area (TPSA) is 32.3 Å². The second kappa shape index (κ2) is 6.29. The number of thiophene rings is 1. The molecule has 1 N–H and O–H groups in total. The van der Waals surface area contributed by atoms with Crippen LogP contribution in [0.3, 0.4) is 0 Å². The van der Waals surface area contributed by atoms with Crippen LogP contribution in [0.1, 0.15) is 28.9 Å². The van der Waals surface area contributed by atoms with Gasteiger partial charge in [0.1, 0.15) is 0 Å². The van der Waals surface area contributed by atoms with Gasteiger partial charge in [-0.2, -0.15) is 0 Å². The van der Waals surface area contributed by atoms with Crippen molar-refractivity contribution in [1.29, 1.82) is 0 Å². The molecule has 2 aromatic rings. The Hall–Kier alpha value is -1.52. The smallest absolute Gasteiger partial charge is 0.253 e. The molecule has 0 saturated carbocycles. The fraction of sp³-hybridized carbons (Fsp3) is 0.267. The summed E-state index contributed by atoms with van der Waals surface area (Å²) < 4.78 is 0.783. The van der Waals surface area contributed by atoms with E-state index < -0.39 is 0 Å². The van der Waals surface area contributed by atoms with Crippen LogP contribution in [-0.2, 0) is 0 Å². The van der Waals surface area contributed by atoms with Gasteiger partial charge in [0.25, 0.3) is 5.91 Å². The van der Waals surface area contributed by atoms with Gasteiger partial charge in [-0.1, -0.05) is 17.7 Å². The zero-order valence-corrected chi connectivity index (χ0v) is 13.3. The summed E-state index contributed by atoms with van der Waals surface area (Å²) in [5.74, 6) is -0.000110. The van der Waals surface area contributed by atoms with Gasteiger partial charge in [-0.05, 0) is 42.1 Å². The highest BCUT2D eigenvalue weighted by Crippen LogP contribution is 2.27. The van der Waals surface area contributed by atoms with Gasteiger partial charge in [-0.15, -0.1) is 11.3 Å². The molecule has 0 saturated heterocycles. The van der Waals surface area contributed by atoms with Crippen LogP contribution < -0.4 is 5.32 Å². The minimum Gasteiger partial charge on any atom is -0.378 e. The van der Waals surface area contributed by atoms with E-state index in [4.69, 9.17) is 11.6 Å². The molecule has 1 aromatic heterocycles. The van der Waals surface area contributed by atoms with E-state index in [0.717, 1.165) is 15.6 Å². The molecule has 0 aliphatic carbocycles. The van der Waals surface area contributed by atoms with Gasteiger partial charge >= 0.3 is 0 Å². The second-order valence-corrected chi connectivity index (χ2v) is 6.37. The molecule has 0 bridgehead atoms. The van der Waals surface area contributed by atoms with E-state index in [1.807, 2.05) is 35.7 Å². The fourth-order valence-electron chi connectivity index (χ4n) is 1.88. The Kier molecular flexibility index (Phi) is 4.68. The van der Waals surface area contributed by atoms with Gasteiger partial charge in [-0.25, -0.2) is 0 Å². The van der Waals surface area contributed by atoms with Crippen LogP contribution in [0.2, 0.25) is 4.34 Å². The first-order chi connectivity index (χ1) is 9.47. The van der Waals surface area contributed by atoms with Gasteiger partial charge in [-0.3, -0.25) is 4.79 Å². The Morgan fingerprint density at radius 1 is 1.35 bits per heavy atom. The molecule has 0 fully saturated rings. The van der Waals surface area contributed by atoms with Gasteiger partial charge in [0.2, 0.25) is 0 Å². The van der Waals surface area contributed by atoms with E-state index in [1.165, 1.54) is 11.3 Å². The Morgan fingerprint density at radius 3 is 2.70 bits per heavy atom. The summed E-state index contributed by atoms with van der Waals surface area (Å²) in [5, 5.41) is 5.42. The number of anilines is 1. The fourth-order valence-corrected chi connectivity index (χ4v) is 2.87. The maximum Gasteiger partial charge on any atom is 0.253 e. The molecular weight excluding hydrogens is 292 g/mol. The standard InChI is InChI=1S/C15H17ClN2OS/c1-10(12-8-14(16)20-9-12)17-13-6-4-5-11(7-13)15(19)18(2)3/h4-10,17H,1-3H3. The Balaban J connectivity index is 2.14. The highest BCUT2D eigenvalue weighted by Gasteiger charge is 2.11. The van der Waals surface area contributed by atoms with Crippen LogP contribution in [-0.4, -0.2) is 24.9 Å². The summed E-state index contributed by atoms with van der Waals surface area (Å²) >= 11 is 7.47. The number of nitrogens with one attached hydrogen (secondary N) is 1. The number of amides is 1. The van der Waals surface area contributed by atoms with E-state index in [1.54, 1.807) is 19.0 Å². The summed E-state index contributed by atoms with van der Waals surface area (Å²) in [5.41, 5.74) is 2.74. The molecule has 0 spiro atoms. The number of nitrogens with zero attached hydrogens (tertiary/aromatic N) is 1. The summed E-state index contributed by atoms with van der Waals surface area (Å²) in [6, 6.07) is 9.62. The van der Waals surface area contributed by atoms with Crippen molar-refractivity contribution in [2.45, 2.75) is 13.0 Å². The lowest BCUT2D eigenvalue weighted by molar-refractivity contribution is 0.0827. The monoisotopic (exact) mass is 308 g/mol. The zero-order chi connectivity index (χ0) is 14.7. The average Bonchev–Trinajstić information content (AvgIpc) is 2.85. The molecule has 0 aliphatic rings. The lowest BCUT2D eigenvalue weighted by Gasteiger charge is -2.16. The lowest BCUT2D eigenvalue weighted by atomic mass is 10.1. The molecule has 1 unspecified atom stereocenters. The van der Waals surface area contributed by atoms with Crippen LogP contribution in [0.25, 0.3) is 0 Å². The van der Waals surface area contributed by atoms with E-state index in [0.29, 0.717) is 5.56 Å². The minimum atomic E-state index is -0.000110. The predicted octanol–water partition coefficient (Wildman–Crippen LogP) is 4.28. The number of carbonyl (C=O) groups is 1. The van der Waals surface area contributed by atoms with Crippen molar-refractivity contribution in [3.8, 4) is 0 Å². The molecule has 0 radical (unpaired) electrons. The minimum absolute atomic E-state index is 0.000110. The largest absolute Gasteiger partial charge is 0.378 e. The van der Waals surface area contributed by atoms with Crippen molar-refractivity contribution < 1.29 is 4.79 Å². The molecule has 0 aliphatic heterocycles. The highest BCUT2D eigenvalue weighted by atomic mass is 35.5. The van der Waals surface area contributed by atoms with Crippen LogP contribution in [0.4, 0.5) is 5.69 Å². The third-order valence-electron chi connectivity index (χ3n) is 2.99. The molecule has 1 atom stereocenters. The van der Waals surface area contributed by atoms with Crippen LogP contribution in [0.5, 0.6) is 0 Å². The summed E-state index contributed by atoms with van der Waals surface area (Å²) in [6.45, 7) is 2.07. The summed E-state index contributed by atoms with van der Waals surface area (Å²) in [4.78, 5) is 13.5. The van der Waals surface area contributed by atoms with Gasteiger partial charge in [0, 0.05) is 31.4 Å². The van der Waals surface area contributed by atoms with Crippen molar-refractivity contribution in [3.63, 3.8) is 0 Å². The Morgan fingerprint density at radius 2 is 2.10 bits per heavy atom. The zero-order valence-electron chi connectivity index (χ0n) is 11.7. The quantitative estimate of drug-likeness (QED) is 0.914. The summed E-state index contributed by atoms with van der Waals surface area (Å²) in [6.07, 6.45) is 0. The number of halogens is 1. The van der Waals surface area contributed by atoms with Crippen molar-refractivity contribution in [2.24, 2.45) is 0 Å². The molecule has 106 valence electrons. The van der Waals surface area contributed by atoms with Gasteiger partial charge in [0.15, 0.2) is 0 Å². The van der Waals surface area contributed by atoms with Crippen molar-refractivity contribution in [2.75, 3.05) is 19.4 Å². The SMILES string of the molecule is CC(Nc1cccc(C(=O)N(C)C)c1)c1csc(Cl)c1. The maximum absolute atomic E-state index is 11.9.